The van der Waals surface area contributed by atoms with Gasteiger partial charge in [0.2, 0.25) is 0 Å². The SMILES string of the molecule is CN(C1CCCCC1)S(=O)(=O)Nc1ncccc1C(=O)O. The van der Waals surface area contributed by atoms with Crippen LogP contribution in [0.15, 0.2) is 18.3 Å². The van der Waals surface area contributed by atoms with E-state index in [1.165, 1.54) is 29.7 Å². The lowest BCUT2D eigenvalue weighted by Crippen LogP contribution is -2.41. The second-order valence-electron chi connectivity index (χ2n) is 5.12. The van der Waals surface area contributed by atoms with Gasteiger partial charge in [0, 0.05) is 19.3 Å². The molecule has 1 saturated carbocycles. The third kappa shape index (κ3) is 3.70. The number of carbonyl (C=O) groups is 1. The first-order chi connectivity index (χ1) is 9.92. The number of aromatic carboxylic acids is 1. The van der Waals surface area contributed by atoms with Gasteiger partial charge in [-0.05, 0) is 25.0 Å². The smallest absolute Gasteiger partial charge is 0.339 e. The van der Waals surface area contributed by atoms with E-state index in [0.717, 1.165) is 32.1 Å². The second-order valence-corrected chi connectivity index (χ2v) is 6.85. The molecule has 0 aromatic carbocycles. The number of hydrogen-bond donors (Lipinski definition) is 2. The van der Waals surface area contributed by atoms with Crippen molar-refractivity contribution in [1.29, 1.82) is 0 Å². The van der Waals surface area contributed by atoms with Gasteiger partial charge in [-0.15, -0.1) is 0 Å². The Bertz CT molecular complexity index is 612. The second kappa shape index (κ2) is 6.40. The first-order valence-corrected chi connectivity index (χ1v) is 8.30. The number of nitrogens with zero attached hydrogens (tertiary/aromatic N) is 2. The molecule has 1 aliphatic carbocycles. The van der Waals surface area contributed by atoms with Crippen LogP contribution in [0.4, 0.5) is 5.82 Å². The van der Waals surface area contributed by atoms with Crippen molar-refractivity contribution in [2.45, 2.75) is 38.1 Å². The predicted octanol–water partition coefficient (Wildman–Crippen LogP) is 1.70. The molecular formula is C13H19N3O4S. The summed E-state index contributed by atoms with van der Waals surface area (Å²) in [6.45, 7) is 0. The molecule has 2 N–H and O–H groups in total. The van der Waals surface area contributed by atoms with Crippen LogP contribution < -0.4 is 4.72 Å². The van der Waals surface area contributed by atoms with Crippen molar-refractivity contribution in [3.63, 3.8) is 0 Å². The molecule has 2 rings (SSSR count). The fourth-order valence-corrected chi connectivity index (χ4v) is 3.65. The summed E-state index contributed by atoms with van der Waals surface area (Å²) in [4.78, 5) is 14.9. The van der Waals surface area contributed by atoms with E-state index in [0.29, 0.717) is 0 Å². The molecule has 0 aliphatic heterocycles. The minimum Gasteiger partial charge on any atom is -0.478 e. The molecule has 1 fully saturated rings. The number of anilines is 1. The number of pyridine rings is 1. The molecule has 8 heteroatoms. The Morgan fingerprint density at radius 1 is 1.38 bits per heavy atom. The van der Waals surface area contributed by atoms with E-state index < -0.39 is 16.2 Å². The quantitative estimate of drug-likeness (QED) is 0.862. The number of rotatable bonds is 5. The van der Waals surface area contributed by atoms with Crippen LogP contribution in [0.3, 0.4) is 0 Å². The molecule has 1 aliphatic rings. The Morgan fingerprint density at radius 3 is 2.67 bits per heavy atom. The summed E-state index contributed by atoms with van der Waals surface area (Å²) in [7, 11) is -2.30. The summed E-state index contributed by atoms with van der Waals surface area (Å²) in [6.07, 6.45) is 6.14. The van der Waals surface area contributed by atoms with Crippen LogP contribution in [-0.2, 0) is 10.2 Å². The van der Waals surface area contributed by atoms with E-state index in [4.69, 9.17) is 5.11 Å². The lowest BCUT2D eigenvalue weighted by molar-refractivity contribution is 0.0697. The first kappa shape index (κ1) is 15.7. The molecule has 1 aromatic heterocycles. The summed E-state index contributed by atoms with van der Waals surface area (Å²) in [6, 6.07) is 2.72. The molecule has 7 nitrogen and oxygen atoms in total. The summed E-state index contributed by atoms with van der Waals surface area (Å²) < 4.78 is 28.3. The van der Waals surface area contributed by atoms with Crippen LogP contribution in [0, 0.1) is 0 Å². The summed E-state index contributed by atoms with van der Waals surface area (Å²) in [5, 5.41) is 9.06. The van der Waals surface area contributed by atoms with Crippen molar-refractivity contribution in [2.24, 2.45) is 0 Å². The van der Waals surface area contributed by atoms with Crippen LogP contribution >= 0.6 is 0 Å². The van der Waals surface area contributed by atoms with Crippen molar-refractivity contribution < 1.29 is 18.3 Å². The van der Waals surface area contributed by atoms with E-state index in [-0.39, 0.29) is 17.4 Å². The zero-order valence-corrected chi connectivity index (χ0v) is 12.6. The number of hydrogen-bond acceptors (Lipinski definition) is 4. The Hall–Kier alpha value is -1.67. The first-order valence-electron chi connectivity index (χ1n) is 6.86. The molecule has 0 saturated heterocycles. The molecule has 1 aromatic rings. The Morgan fingerprint density at radius 2 is 2.05 bits per heavy atom. The standard InChI is InChI=1S/C13H19N3O4S/c1-16(10-6-3-2-4-7-10)21(19,20)15-12-11(13(17)18)8-5-9-14-12/h5,8-10H,2-4,6-7H2,1H3,(H,14,15)(H,17,18). The monoisotopic (exact) mass is 313 g/mol. The Balaban J connectivity index is 2.19. The zero-order chi connectivity index (χ0) is 15.5. The van der Waals surface area contributed by atoms with Gasteiger partial charge in [0.25, 0.3) is 0 Å². The molecule has 21 heavy (non-hydrogen) atoms. The van der Waals surface area contributed by atoms with Gasteiger partial charge in [-0.3, -0.25) is 4.72 Å². The molecule has 0 unspecified atom stereocenters. The zero-order valence-electron chi connectivity index (χ0n) is 11.8. The minimum absolute atomic E-state index is 0.0479. The van der Waals surface area contributed by atoms with E-state index in [1.807, 2.05) is 0 Å². The third-order valence-corrected chi connectivity index (χ3v) is 5.24. The van der Waals surface area contributed by atoms with Crippen molar-refractivity contribution in [3.8, 4) is 0 Å². The highest BCUT2D eigenvalue weighted by atomic mass is 32.2. The largest absolute Gasteiger partial charge is 0.478 e. The summed E-state index contributed by atoms with van der Waals surface area (Å²) in [5.41, 5.74) is -0.168. The van der Waals surface area contributed by atoms with Crippen molar-refractivity contribution >= 4 is 22.0 Å². The average Bonchev–Trinajstić information content (AvgIpc) is 2.47. The predicted molar refractivity (Wildman–Crippen MR) is 78.4 cm³/mol. The van der Waals surface area contributed by atoms with Gasteiger partial charge in [0.05, 0.1) is 0 Å². The fraction of sp³-hybridized carbons (Fsp3) is 0.538. The van der Waals surface area contributed by atoms with Crippen molar-refractivity contribution in [2.75, 3.05) is 11.8 Å². The Kier molecular flexibility index (Phi) is 4.79. The highest BCUT2D eigenvalue weighted by Gasteiger charge is 2.28. The van der Waals surface area contributed by atoms with Crippen LogP contribution in [0.2, 0.25) is 0 Å². The van der Waals surface area contributed by atoms with Gasteiger partial charge < -0.3 is 5.11 Å². The molecule has 1 heterocycles. The molecule has 0 spiro atoms. The topological polar surface area (TPSA) is 99.6 Å². The van der Waals surface area contributed by atoms with Gasteiger partial charge in [0.1, 0.15) is 5.56 Å². The van der Waals surface area contributed by atoms with Crippen molar-refractivity contribution in [1.82, 2.24) is 9.29 Å². The maximum absolute atomic E-state index is 12.4. The minimum atomic E-state index is -3.81. The molecular weight excluding hydrogens is 294 g/mol. The van der Waals surface area contributed by atoms with E-state index in [2.05, 4.69) is 9.71 Å². The normalized spacial score (nSPS) is 16.9. The molecule has 116 valence electrons. The van der Waals surface area contributed by atoms with Gasteiger partial charge in [0.15, 0.2) is 5.82 Å². The van der Waals surface area contributed by atoms with Gasteiger partial charge >= 0.3 is 16.2 Å². The van der Waals surface area contributed by atoms with E-state index in [1.54, 1.807) is 0 Å². The number of aromatic nitrogens is 1. The highest BCUT2D eigenvalue weighted by molar-refractivity contribution is 7.90. The summed E-state index contributed by atoms with van der Waals surface area (Å²) >= 11 is 0. The van der Waals surface area contributed by atoms with Gasteiger partial charge in [-0.25, -0.2) is 9.78 Å². The van der Waals surface area contributed by atoms with Gasteiger partial charge in [-0.2, -0.15) is 12.7 Å². The molecule has 0 amide bonds. The lowest BCUT2D eigenvalue weighted by atomic mass is 9.96. The van der Waals surface area contributed by atoms with Crippen LogP contribution in [-0.4, -0.2) is 41.9 Å². The summed E-state index contributed by atoms with van der Waals surface area (Å²) in [5.74, 6) is -1.38. The van der Waals surface area contributed by atoms with Crippen LogP contribution in [0.25, 0.3) is 0 Å². The number of carboxylic acids is 1. The van der Waals surface area contributed by atoms with E-state index in [9.17, 15) is 13.2 Å². The van der Waals surface area contributed by atoms with E-state index >= 15 is 0 Å². The molecule has 0 radical (unpaired) electrons. The molecule has 0 bridgehead atoms. The van der Waals surface area contributed by atoms with Crippen LogP contribution in [0.1, 0.15) is 42.5 Å². The number of carboxylic acid groups (broad SMARTS) is 1. The van der Waals surface area contributed by atoms with Gasteiger partial charge in [-0.1, -0.05) is 19.3 Å². The fourth-order valence-electron chi connectivity index (χ4n) is 2.49. The Labute approximate surface area is 124 Å². The highest BCUT2D eigenvalue weighted by Crippen LogP contribution is 2.24. The third-order valence-electron chi connectivity index (χ3n) is 3.73. The maximum atomic E-state index is 12.4. The van der Waals surface area contributed by atoms with Crippen molar-refractivity contribution in [3.05, 3.63) is 23.9 Å². The lowest BCUT2D eigenvalue weighted by Gasteiger charge is -2.30. The number of nitrogens with one attached hydrogen (secondary N) is 1. The van der Waals surface area contributed by atoms with Crippen LogP contribution in [0.5, 0.6) is 0 Å². The average molecular weight is 313 g/mol. The molecule has 0 atom stereocenters. The maximum Gasteiger partial charge on any atom is 0.339 e.